The van der Waals surface area contributed by atoms with E-state index in [9.17, 15) is 9.59 Å². The van der Waals surface area contributed by atoms with E-state index in [1.165, 1.54) is 12.8 Å². The summed E-state index contributed by atoms with van der Waals surface area (Å²) in [6.45, 7) is 0.432. The van der Waals surface area contributed by atoms with Gasteiger partial charge in [-0.15, -0.1) is 0 Å². The van der Waals surface area contributed by atoms with Crippen LogP contribution in [0.15, 0.2) is 78.9 Å². The molecule has 0 unspecified atom stereocenters. The van der Waals surface area contributed by atoms with Gasteiger partial charge in [0, 0.05) is 33.8 Å². The quantitative estimate of drug-likeness (QED) is 0.297. The number of ketones is 1. The molecule has 7 rings (SSSR count). The van der Waals surface area contributed by atoms with Gasteiger partial charge in [-0.25, -0.2) is 0 Å². The molecule has 2 atom stereocenters. The van der Waals surface area contributed by atoms with Crippen molar-refractivity contribution in [1.29, 1.82) is 0 Å². The lowest BCUT2D eigenvalue weighted by atomic mass is 9.92. The number of aromatic nitrogens is 2. The summed E-state index contributed by atoms with van der Waals surface area (Å²) in [6.07, 6.45) is 3.45. The van der Waals surface area contributed by atoms with E-state index in [1.54, 1.807) is 0 Å². The Balaban J connectivity index is 1.13. The van der Waals surface area contributed by atoms with Gasteiger partial charge in [-0.2, -0.15) is 5.10 Å². The molecule has 1 aromatic heterocycles. The second-order valence-electron chi connectivity index (χ2n) is 10.6. The highest BCUT2D eigenvalue weighted by molar-refractivity contribution is 6.30. The molecule has 3 aromatic carbocycles. The largest absolute Gasteiger partial charge is 0.307 e. The number of nitrogens with one attached hydrogen (secondary N) is 1. The Bertz CT molecular complexity index is 1540. The number of carbonyl (C=O) groups excluding carboxylic acids is 2. The summed E-state index contributed by atoms with van der Waals surface area (Å²) < 4.78 is 0. The Labute approximate surface area is 220 Å². The molecule has 2 heterocycles. The highest BCUT2D eigenvalue weighted by Crippen LogP contribution is 2.66. The Kier molecular flexibility index (Phi) is 5.12. The minimum absolute atomic E-state index is 0.0439. The first-order chi connectivity index (χ1) is 18.0. The Morgan fingerprint density at radius 3 is 2.65 bits per heavy atom. The predicted molar refractivity (Wildman–Crippen MR) is 143 cm³/mol. The molecule has 2 fully saturated rings. The van der Waals surface area contributed by atoms with Crippen LogP contribution in [0, 0.1) is 0 Å². The zero-order valence-corrected chi connectivity index (χ0v) is 21.0. The third kappa shape index (κ3) is 3.80. The Hall–Kier alpha value is -3.70. The van der Waals surface area contributed by atoms with Crippen LogP contribution in [0.5, 0.6) is 0 Å². The van der Waals surface area contributed by atoms with Crippen molar-refractivity contribution in [2.45, 2.75) is 49.5 Å². The molecule has 0 saturated heterocycles. The van der Waals surface area contributed by atoms with Crippen molar-refractivity contribution in [3.05, 3.63) is 118 Å². The minimum Gasteiger partial charge on any atom is -0.307 e. The fourth-order valence-electron chi connectivity index (χ4n) is 5.96. The topological polar surface area (TPSA) is 66.1 Å². The number of rotatable bonds is 7. The van der Waals surface area contributed by atoms with Crippen molar-refractivity contribution in [2.24, 2.45) is 0 Å². The number of halogens is 1. The number of H-pyrrole nitrogens is 1. The molecule has 1 spiro atoms. The molecule has 0 radical (unpaired) electrons. The SMILES string of the molecule is O=C(Cc1cc(C2CC2)n[nH]1)c1cccc(CN2C(=O)[C@]3(C[C@@H]3c3ccc(Cl)cc3)c3ccccc32)c1. The summed E-state index contributed by atoms with van der Waals surface area (Å²) in [5.41, 5.74) is 6.20. The van der Waals surface area contributed by atoms with Gasteiger partial charge in [0.25, 0.3) is 0 Å². The van der Waals surface area contributed by atoms with Crippen LogP contribution in [-0.2, 0) is 23.2 Å². The van der Waals surface area contributed by atoms with Gasteiger partial charge in [0.2, 0.25) is 5.91 Å². The summed E-state index contributed by atoms with van der Waals surface area (Å²) >= 11 is 6.10. The van der Waals surface area contributed by atoms with Crippen LogP contribution in [0.3, 0.4) is 0 Å². The fraction of sp³-hybridized carbons (Fsp3) is 0.258. The van der Waals surface area contributed by atoms with Gasteiger partial charge >= 0.3 is 0 Å². The Morgan fingerprint density at radius 2 is 1.84 bits per heavy atom. The van der Waals surface area contributed by atoms with Crippen molar-refractivity contribution < 1.29 is 9.59 Å². The van der Waals surface area contributed by atoms with Gasteiger partial charge in [-0.3, -0.25) is 14.7 Å². The molecule has 5 nitrogen and oxygen atoms in total. The predicted octanol–water partition coefficient (Wildman–Crippen LogP) is 6.34. The average Bonchev–Trinajstić information content (AvgIpc) is 3.83. The maximum absolute atomic E-state index is 13.9. The van der Waals surface area contributed by atoms with Crippen LogP contribution < -0.4 is 4.90 Å². The molecule has 3 aliphatic rings. The Morgan fingerprint density at radius 1 is 1.03 bits per heavy atom. The van der Waals surface area contributed by atoms with Crippen LogP contribution in [-0.4, -0.2) is 21.9 Å². The zero-order valence-electron chi connectivity index (χ0n) is 20.3. The van der Waals surface area contributed by atoms with Gasteiger partial charge < -0.3 is 4.90 Å². The van der Waals surface area contributed by atoms with Crippen molar-refractivity contribution in [3.8, 4) is 0 Å². The van der Waals surface area contributed by atoms with Crippen molar-refractivity contribution in [3.63, 3.8) is 0 Å². The average molecular weight is 508 g/mol. The van der Waals surface area contributed by atoms with E-state index in [1.807, 2.05) is 77.7 Å². The molecular weight excluding hydrogens is 482 g/mol. The molecule has 4 aromatic rings. The van der Waals surface area contributed by atoms with Gasteiger partial charge in [-0.05, 0) is 66.3 Å². The first kappa shape index (κ1) is 22.5. The molecule has 1 aliphatic heterocycles. The van der Waals surface area contributed by atoms with Crippen molar-refractivity contribution in [1.82, 2.24) is 10.2 Å². The van der Waals surface area contributed by atoms with Crippen LogP contribution in [0.2, 0.25) is 5.02 Å². The summed E-state index contributed by atoms with van der Waals surface area (Å²) in [5, 5.41) is 8.09. The maximum atomic E-state index is 13.9. The zero-order chi connectivity index (χ0) is 25.1. The van der Waals surface area contributed by atoms with E-state index in [4.69, 9.17) is 11.6 Å². The molecule has 1 N–H and O–H groups in total. The monoisotopic (exact) mass is 507 g/mol. The standard InChI is InChI=1S/C31H26ClN3O2/c32-23-12-10-20(11-13-23)26-17-31(26)25-6-1-2-7-28(25)35(30(31)37)18-19-4-3-5-22(14-19)29(36)16-24-15-27(34-33-24)21-8-9-21/h1-7,10-15,21,26H,8-9,16-18H2,(H,33,34)/t26-,31-/m1/s1. The lowest BCUT2D eigenvalue weighted by Crippen LogP contribution is -2.32. The number of anilines is 1. The van der Waals surface area contributed by atoms with Gasteiger partial charge in [0.05, 0.1) is 24.1 Å². The minimum atomic E-state index is -0.516. The molecular formula is C31H26ClN3O2. The number of para-hydroxylation sites is 1. The van der Waals surface area contributed by atoms with E-state index in [0.717, 1.165) is 40.2 Å². The van der Waals surface area contributed by atoms with E-state index in [2.05, 4.69) is 16.3 Å². The normalized spacial score (nSPS) is 21.9. The number of nitrogens with zero attached hydrogens (tertiary/aromatic N) is 2. The first-order valence-corrected chi connectivity index (χ1v) is 13.2. The lowest BCUT2D eigenvalue weighted by Gasteiger charge is -2.19. The summed E-state index contributed by atoms with van der Waals surface area (Å²) in [6, 6.07) is 25.6. The van der Waals surface area contributed by atoms with E-state index in [-0.39, 0.29) is 17.6 Å². The second kappa shape index (κ2) is 8.42. The van der Waals surface area contributed by atoms with Gasteiger partial charge in [0.15, 0.2) is 5.78 Å². The molecule has 37 heavy (non-hydrogen) atoms. The molecule has 184 valence electrons. The summed E-state index contributed by atoms with van der Waals surface area (Å²) in [5.74, 6) is 0.877. The molecule has 0 bridgehead atoms. The van der Waals surface area contributed by atoms with Crippen molar-refractivity contribution >= 4 is 29.0 Å². The first-order valence-electron chi connectivity index (χ1n) is 12.9. The highest BCUT2D eigenvalue weighted by Gasteiger charge is 2.67. The lowest BCUT2D eigenvalue weighted by molar-refractivity contribution is -0.120. The third-order valence-corrected chi connectivity index (χ3v) is 8.37. The third-order valence-electron chi connectivity index (χ3n) is 8.12. The van der Waals surface area contributed by atoms with E-state index in [0.29, 0.717) is 29.5 Å². The summed E-state index contributed by atoms with van der Waals surface area (Å²) in [7, 11) is 0. The molecule has 2 aliphatic carbocycles. The number of carbonyl (C=O) groups is 2. The van der Waals surface area contributed by atoms with E-state index < -0.39 is 5.41 Å². The van der Waals surface area contributed by atoms with Crippen molar-refractivity contribution in [2.75, 3.05) is 4.90 Å². The maximum Gasteiger partial charge on any atom is 0.238 e. The number of hydrogen-bond donors (Lipinski definition) is 1. The van der Waals surface area contributed by atoms with Crippen LogP contribution >= 0.6 is 11.6 Å². The molecule has 2 saturated carbocycles. The number of amides is 1. The van der Waals surface area contributed by atoms with Crippen LogP contribution in [0.25, 0.3) is 0 Å². The van der Waals surface area contributed by atoms with Crippen LogP contribution in [0.4, 0.5) is 5.69 Å². The smallest absolute Gasteiger partial charge is 0.238 e. The van der Waals surface area contributed by atoms with Gasteiger partial charge in [-0.1, -0.05) is 60.1 Å². The van der Waals surface area contributed by atoms with E-state index >= 15 is 0 Å². The molecule has 1 amide bonds. The highest BCUT2D eigenvalue weighted by atomic mass is 35.5. The number of benzene rings is 3. The number of aromatic amines is 1. The van der Waals surface area contributed by atoms with Crippen LogP contribution in [0.1, 0.15) is 69.5 Å². The number of fused-ring (bicyclic) bond motifs is 2. The second-order valence-corrected chi connectivity index (χ2v) is 11.0. The molecule has 6 heteroatoms. The fourth-order valence-corrected chi connectivity index (χ4v) is 6.09. The summed E-state index contributed by atoms with van der Waals surface area (Å²) in [4.78, 5) is 28.9. The van der Waals surface area contributed by atoms with Gasteiger partial charge in [0.1, 0.15) is 0 Å². The number of Topliss-reactive ketones (excluding diaryl/α,β-unsaturated/α-hetero) is 1. The number of hydrogen-bond acceptors (Lipinski definition) is 3.